The first-order valence-corrected chi connectivity index (χ1v) is 10.8. The predicted octanol–water partition coefficient (Wildman–Crippen LogP) is 2.86. The second-order valence-corrected chi connectivity index (χ2v) is 9.34. The van der Waals surface area contributed by atoms with Crippen LogP contribution in [0.5, 0.6) is 5.75 Å². The molecular formula is C20H28FN3O3S. The molecule has 3 rings (SSSR count). The number of phenolic OH excluding ortho intramolecular Hbond substituents is 1. The van der Waals surface area contributed by atoms with Gasteiger partial charge < -0.3 is 10.4 Å². The highest BCUT2D eigenvalue weighted by atomic mass is 32.2. The number of carbonyl (C=O) groups is 1. The van der Waals surface area contributed by atoms with E-state index in [1.165, 1.54) is 6.07 Å². The summed E-state index contributed by atoms with van der Waals surface area (Å²) in [6.07, 6.45) is 3.70. The molecule has 0 aliphatic carbocycles. The number of phenols is 1. The van der Waals surface area contributed by atoms with Crippen LogP contribution in [0.25, 0.3) is 5.57 Å². The Labute approximate surface area is 167 Å². The molecule has 1 aromatic rings. The SMILES string of the molecule is CC(C)CC1NC(C(C)C)CC=C1c1ccc(O)c(N2CC(=O)NS2=O)c1F. The lowest BCUT2D eigenvalue weighted by atomic mass is 9.84. The van der Waals surface area contributed by atoms with E-state index in [-0.39, 0.29) is 24.0 Å². The zero-order valence-corrected chi connectivity index (χ0v) is 17.5. The number of anilines is 1. The van der Waals surface area contributed by atoms with Crippen molar-refractivity contribution in [3.8, 4) is 5.75 Å². The third-order valence-electron chi connectivity index (χ3n) is 5.24. The molecule has 28 heavy (non-hydrogen) atoms. The monoisotopic (exact) mass is 409 g/mol. The van der Waals surface area contributed by atoms with Gasteiger partial charge in [0.15, 0.2) is 5.82 Å². The van der Waals surface area contributed by atoms with Gasteiger partial charge in [-0.15, -0.1) is 0 Å². The van der Waals surface area contributed by atoms with Gasteiger partial charge in [-0.2, -0.15) is 0 Å². The topological polar surface area (TPSA) is 81.7 Å². The van der Waals surface area contributed by atoms with Crippen LogP contribution in [-0.4, -0.2) is 33.9 Å². The second-order valence-electron chi connectivity index (χ2n) is 8.20. The fourth-order valence-electron chi connectivity index (χ4n) is 3.79. The van der Waals surface area contributed by atoms with Gasteiger partial charge in [0, 0.05) is 17.6 Å². The number of nitrogens with zero attached hydrogens (tertiary/aromatic N) is 1. The summed E-state index contributed by atoms with van der Waals surface area (Å²) in [6.45, 7) is 8.32. The highest BCUT2D eigenvalue weighted by Crippen LogP contribution is 2.39. The van der Waals surface area contributed by atoms with Crippen molar-refractivity contribution in [2.75, 3.05) is 10.8 Å². The first-order chi connectivity index (χ1) is 13.2. The number of aromatic hydroxyl groups is 1. The number of carbonyl (C=O) groups excluding carboxylic acids is 1. The molecule has 1 saturated heterocycles. The molecule has 0 radical (unpaired) electrons. The van der Waals surface area contributed by atoms with Gasteiger partial charge in [-0.3, -0.25) is 13.8 Å². The van der Waals surface area contributed by atoms with Crippen LogP contribution in [0.4, 0.5) is 10.1 Å². The average Bonchev–Trinajstić information content (AvgIpc) is 2.93. The first-order valence-electron chi connectivity index (χ1n) is 9.65. The Kier molecular flexibility index (Phi) is 6.09. The van der Waals surface area contributed by atoms with Gasteiger partial charge in [-0.05, 0) is 42.4 Å². The maximum absolute atomic E-state index is 15.5. The Morgan fingerprint density at radius 3 is 2.61 bits per heavy atom. The summed E-state index contributed by atoms with van der Waals surface area (Å²) in [5.41, 5.74) is 1.00. The van der Waals surface area contributed by atoms with Gasteiger partial charge in [0.25, 0.3) is 5.91 Å². The first kappa shape index (κ1) is 20.8. The fourth-order valence-corrected chi connectivity index (χ4v) is 4.73. The molecule has 0 aromatic heterocycles. The Hall–Kier alpha value is -1.93. The van der Waals surface area contributed by atoms with Crippen molar-refractivity contribution in [2.24, 2.45) is 11.8 Å². The largest absolute Gasteiger partial charge is 0.506 e. The van der Waals surface area contributed by atoms with Crippen LogP contribution in [0, 0.1) is 17.7 Å². The lowest BCUT2D eigenvalue weighted by molar-refractivity contribution is -0.117. The van der Waals surface area contributed by atoms with Gasteiger partial charge in [-0.1, -0.05) is 33.8 Å². The number of nitrogens with one attached hydrogen (secondary N) is 2. The van der Waals surface area contributed by atoms with Crippen molar-refractivity contribution in [2.45, 2.75) is 52.6 Å². The quantitative estimate of drug-likeness (QED) is 0.699. The normalized spacial score (nSPS) is 25.4. The maximum atomic E-state index is 15.5. The molecule has 1 amide bonds. The molecule has 2 aliphatic rings. The van der Waals surface area contributed by atoms with Crippen LogP contribution in [0.3, 0.4) is 0 Å². The molecule has 3 atom stereocenters. The summed E-state index contributed by atoms with van der Waals surface area (Å²) < 4.78 is 30.9. The zero-order chi connectivity index (χ0) is 20.6. The number of rotatable bonds is 5. The molecule has 0 saturated carbocycles. The summed E-state index contributed by atoms with van der Waals surface area (Å²) in [7, 11) is 0. The summed E-state index contributed by atoms with van der Waals surface area (Å²) in [5, 5.41) is 13.9. The van der Waals surface area contributed by atoms with E-state index >= 15 is 4.39 Å². The van der Waals surface area contributed by atoms with Gasteiger partial charge in [0.05, 0.1) is 0 Å². The van der Waals surface area contributed by atoms with E-state index in [4.69, 9.17) is 0 Å². The molecule has 6 nitrogen and oxygen atoms in total. The molecule has 2 heterocycles. The predicted molar refractivity (Wildman–Crippen MR) is 109 cm³/mol. The fraction of sp³-hybridized carbons (Fsp3) is 0.550. The number of amides is 1. The zero-order valence-electron chi connectivity index (χ0n) is 16.7. The van der Waals surface area contributed by atoms with Crippen LogP contribution >= 0.6 is 0 Å². The molecular weight excluding hydrogens is 381 g/mol. The number of hydrogen-bond donors (Lipinski definition) is 3. The van der Waals surface area contributed by atoms with Crippen molar-refractivity contribution < 1.29 is 18.5 Å². The van der Waals surface area contributed by atoms with Crippen LogP contribution in [0.1, 0.15) is 46.1 Å². The molecule has 0 spiro atoms. The standard InChI is InChI=1S/C20H28FN3O3S/c1-11(2)9-16-13(5-7-15(22-16)12(3)4)14-6-8-17(25)20(19(14)21)24-10-18(26)23-28(24)27/h5-6,8,11-12,15-16,22,25H,7,9-10H2,1-4H3,(H,23,26). The summed E-state index contributed by atoms with van der Waals surface area (Å²) in [4.78, 5) is 11.5. The minimum absolute atomic E-state index is 0.0168. The Morgan fingerprint density at radius 1 is 1.32 bits per heavy atom. The van der Waals surface area contributed by atoms with E-state index in [1.54, 1.807) is 6.07 Å². The van der Waals surface area contributed by atoms with Crippen LogP contribution < -0.4 is 14.3 Å². The molecule has 8 heteroatoms. The van der Waals surface area contributed by atoms with Gasteiger partial charge in [0.1, 0.15) is 18.0 Å². The molecule has 0 bridgehead atoms. The van der Waals surface area contributed by atoms with Crippen LogP contribution in [0.2, 0.25) is 0 Å². The smallest absolute Gasteiger partial charge is 0.253 e. The molecule has 3 N–H and O–H groups in total. The van der Waals surface area contributed by atoms with Crippen molar-refractivity contribution in [3.63, 3.8) is 0 Å². The third-order valence-corrected chi connectivity index (χ3v) is 6.35. The number of hydrogen-bond acceptors (Lipinski definition) is 4. The Balaban J connectivity index is 2.03. The van der Waals surface area contributed by atoms with Gasteiger partial charge in [-0.25, -0.2) is 8.60 Å². The molecule has 1 aromatic carbocycles. The van der Waals surface area contributed by atoms with Crippen LogP contribution in [-0.2, 0) is 16.0 Å². The highest BCUT2D eigenvalue weighted by Gasteiger charge is 2.34. The van der Waals surface area contributed by atoms with Crippen molar-refractivity contribution >= 4 is 28.3 Å². The minimum Gasteiger partial charge on any atom is -0.506 e. The lowest BCUT2D eigenvalue weighted by Crippen LogP contribution is -2.45. The summed E-state index contributed by atoms with van der Waals surface area (Å²) in [6, 6.07) is 3.26. The average molecular weight is 410 g/mol. The van der Waals surface area contributed by atoms with Gasteiger partial charge >= 0.3 is 0 Å². The van der Waals surface area contributed by atoms with E-state index in [9.17, 15) is 14.1 Å². The maximum Gasteiger partial charge on any atom is 0.253 e. The molecule has 3 unspecified atom stereocenters. The van der Waals surface area contributed by atoms with E-state index < -0.39 is 22.9 Å². The summed E-state index contributed by atoms with van der Waals surface area (Å²) in [5.74, 6) is -0.597. The minimum atomic E-state index is -1.91. The molecule has 154 valence electrons. The van der Waals surface area contributed by atoms with Crippen molar-refractivity contribution in [1.82, 2.24) is 10.0 Å². The molecule has 2 aliphatic heterocycles. The van der Waals surface area contributed by atoms with Crippen molar-refractivity contribution in [1.29, 1.82) is 0 Å². The van der Waals surface area contributed by atoms with Crippen molar-refractivity contribution in [3.05, 3.63) is 29.6 Å². The van der Waals surface area contributed by atoms with Gasteiger partial charge in [0.2, 0.25) is 11.2 Å². The van der Waals surface area contributed by atoms with E-state index in [1.807, 2.05) is 0 Å². The molecule has 1 fully saturated rings. The lowest BCUT2D eigenvalue weighted by Gasteiger charge is -2.35. The van der Waals surface area contributed by atoms with E-state index in [0.29, 0.717) is 23.4 Å². The number of benzene rings is 1. The third kappa shape index (κ3) is 4.07. The Bertz CT molecular complexity index is 825. The van der Waals surface area contributed by atoms with E-state index in [2.05, 4.69) is 43.8 Å². The highest BCUT2D eigenvalue weighted by molar-refractivity contribution is 7.85. The summed E-state index contributed by atoms with van der Waals surface area (Å²) >= 11 is -1.91. The Morgan fingerprint density at radius 2 is 2.04 bits per heavy atom. The van der Waals surface area contributed by atoms with Crippen LogP contribution in [0.15, 0.2) is 18.2 Å². The van der Waals surface area contributed by atoms with E-state index in [0.717, 1.165) is 22.7 Å². The second kappa shape index (κ2) is 8.21. The number of halogens is 1.